The number of likely N-dealkylation sites (tertiary alicyclic amines) is 1. The van der Waals surface area contributed by atoms with Crippen molar-refractivity contribution in [1.82, 2.24) is 4.90 Å². The molecule has 0 aliphatic carbocycles. The van der Waals surface area contributed by atoms with Crippen LogP contribution < -0.4 is 0 Å². The Morgan fingerprint density at radius 2 is 2.44 bits per heavy atom. The van der Waals surface area contributed by atoms with Crippen molar-refractivity contribution >= 4 is 17.1 Å². The van der Waals surface area contributed by atoms with Gasteiger partial charge in [0.15, 0.2) is 0 Å². The fraction of sp³-hybridized carbons (Fsp3) is 0.615. The first kappa shape index (κ1) is 11.8. The Bertz CT molecular complexity index is 347. The lowest BCUT2D eigenvalue weighted by Crippen LogP contribution is -2.42. The highest BCUT2D eigenvalue weighted by Crippen LogP contribution is 2.32. The largest absolute Gasteiger partial charge is 0.300 e. The van der Waals surface area contributed by atoms with Gasteiger partial charge in [-0.1, -0.05) is 13.0 Å². The summed E-state index contributed by atoms with van der Waals surface area (Å²) in [5, 5.41) is 2.14. The van der Waals surface area contributed by atoms with Gasteiger partial charge in [0.25, 0.3) is 0 Å². The molecule has 2 nitrogen and oxygen atoms in total. The summed E-state index contributed by atoms with van der Waals surface area (Å²) in [5.41, 5.74) is 0. The maximum atomic E-state index is 11.4. The summed E-state index contributed by atoms with van der Waals surface area (Å²) in [6, 6.07) is 5.22. The van der Waals surface area contributed by atoms with Crippen molar-refractivity contribution in [3.63, 3.8) is 0 Å². The molecule has 2 unspecified atom stereocenters. The summed E-state index contributed by atoms with van der Waals surface area (Å²) in [6.45, 7) is 5.33. The molecule has 1 fully saturated rings. The summed E-state index contributed by atoms with van der Waals surface area (Å²) in [7, 11) is 0. The second-order valence-electron chi connectivity index (χ2n) is 4.52. The molecule has 0 spiro atoms. The minimum absolute atomic E-state index is 0.397. The van der Waals surface area contributed by atoms with Crippen LogP contribution in [0.15, 0.2) is 17.5 Å². The zero-order valence-electron chi connectivity index (χ0n) is 9.98. The second-order valence-corrected chi connectivity index (χ2v) is 5.50. The molecule has 1 aliphatic rings. The molecule has 2 rings (SSSR count). The highest BCUT2D eigenvalue weighted by molar-refractivity contribution is 7.10. The molecule has 1 aromatic heterocycles. The third-order valence-corrected chi connectivity index (χ3v) is 4.37. The first-order valence-electron chi connectivity index (χ1n) is 6.03. The third-order valence-electron chi connectivity index (χ3n) is 3.40. The molecular weight excluding hydrogens is 218 g/mol. The highest BCUT2D eigenvalue weighted by Gasteiger charge is 2.29. The maximum Gasteiger partial charge on any atom is 0.135 e. The summed E-state index contributed by atoms with van der Waals surface area (Å²) in [5.74, 6) is 0.421. The molecule has 0 saturated carbocycles. The number of rotatable bonds is 3. The van der Waals surface area contributed by atoms with Crippen molar-refractivity contribution in [3.8, 4) is 0 Å². The van der Waals surface area contributed by atoms with Crippen LogP contribution in [0.1, 0.15) is 44.0 Å². The topological polar surface area (TPSA) is 20.3 Å². The number of carbonyl (C=O) groups excluding carboxylic acids is 1. The van der Waals surface area contributed by atoms with Gasteiger partial charge in [0.2, 0.25) is 0 Å². The van der Waals surface area contributed by atoms with Crippen molar-refractivity contribution < 1.29 is 4.79 Å². The molecular formula is C13H19NOS. The Kier molecular flexibility index (Phi) is 3.77. The van der Waals surface area contributed by atoms with Crippen molar-refractivity contribution in [1.29, 1.82) is 0 Å². The van der Waals surface area contributed by atoms with Crippen LogP contribution >= 0.6 is 11.3 Å². The van der Waals surface area contributed by atoms with Crippen LogP contribution in [0.3, 0.4) is 0 Å². The number of ketones is 1. The first-order chi connectivity index (χ1) is 7.72. The Balaban J connectivity index is 2.12. The van der Waals surface area contributed by atoms with Crippen LogP contribution in [0.2, 0.25) is 0 Å². The second kappa shape index (κ2) is 5.11. The van der Waals surface area contributed by atoms with E-state index in [1.165, 1.54) is 4.88 Å². The van der Waals surface area contributed by atoms with Crippen LogP contribution in [0, 0.1) is 0 Å². The average Bonchev–Trinajstić information content (AvgIpc) is 2.75. The van der Waals surface area contributed by atoms with Gasteiger partial charge in [-0.3, -0.25) is 9.69 Å². The Hall–Kier alpha value is -0.670. The van der Waals surface area contributed by atoms with E-state index >= 15 is 0 Å². The van der Waals surface area contributed by atoms with Crippen molar-refractivity contribution in [2.75, 3.05) is 6.54 Å². The number of thiophene rings is 1. The minimum atomic E-state index is 0.397. The summed E-state index contributed by atoms with van der Waals surface area (Å²) in [4.78, 5) is 15.3. The monoisotopic (exact) mass is 237 g/mol. The zero-order valence-corrected chi connectivity index (χ0v) is 10.8. The maximum absolute atomic E-state index is 11.4. The predicted molar refractivity (Wildman–Crippen MR) is 67.8 cm³/mol. The number of Topliss-reactive ketones (excluding diaryl/α,β-unsaturated/α-hetero) is 1. The fourth-order valence-corrected chi connectivity index (χ4v) is 3.50. The summed E-state index contributed by atoms with van der Waals surface area (Å²) < 4.78 is 0. The highest BCUT2D eigenvalue weighted by atomic mass is 32.1. The van der Waals surface area contributed by atoms with Gasteiger partial charge in [0, 0.05) is 36.3 Å². The van der Waals surface area contributed by atoms with E-state index in [2.05, 4.69) is 36.3 Å². The minimum Gasteiger partial charge on any atom is -0.300 e. The molecule has 16 heavy (non-hydrogen) atoms. The Labute approximate surface area is 101 Å². The summed E-state index contributed by atoms with van der Waals surface area (Å²) >= 11 is 1.83. The van der Waals surface area contributed by atoms with E-state index < -0.39 is 0 Å². The van der Waals surface area contributed by atoms with E-state index in [1.807, 2.05) is 11.3 Å². The molecule has 0 amide bonds. The lowest BCUT2D eigenvalue weighted by Gasteiger charge is -2.38. The quantitative estimate of drug-likeness (QED) is 0.804. The number of nitrogens with zero attached hydrogens (tertiary/aromatic N) is 1. The molecule has 88 valence electrons. The molecule has 3 heteroatoms. The van der Waals surface area contributed by atoms with Gasteiger partial charge in [-0.2, -0.15) is 0 Å². The standard InChI is InChI=1S/C13H19NOS/c1-3-12(13-5-4-8-16-13)14-7-6-11(15)9-10(14)2/h4-5,8,10,12H,3,6-7,9H2,1-2H3. The molecule has 0 bridgehead atoms. The van der Waals surface area contributed by atoms with Gasteiger partial charge in [-0.25, -0.2) is 0 Å². The SMILES string of the molecule is CCC(c1cccs1)N1CCC(=O)CC1C. The normalized spacial score (nSPS) is 24.6. The predicted octanol–water partition coefficient (Wildman–Crippen LogP) is 3.25. The van der Waals surface area contributed by atoms with Gasteiger partial charge in [0.1, 0.15) is 5.78 Å². The van der Waals surface area contributed by atoms with Gasteiger partial charge in [0.05, 0.1) is 0 Å². The fourth-order valence-electron chi connectivity index (χ4n) is 2.57. The summed E-state index contributed by atoms with van der Waals surface area (Å²) in [6.07, 6.45) is 2.58. The van der Waals surface area contributed by atoms with Crippen molar-refractivity contribution in [2.45, 2.75) is 45.2 Å². The lowest BCUT2D eigenvalue weighted by molar-refractivity contribution is -0.123. The van der Waals surface area contributed by atoms with E-state index in [-0.39, 0.29) is 0 Å². The molecule has 0 N–H and O–H groups in total. The molecule has 1 aromatic rings. The number of hydrogen-bond donors (Lipinski definition) is 0. The van der Waals surface area contributed by atoms with Crippen molar-refractivity contribution in [2.24, 2.45) is 0 Å². The average molecular weight is 237 g/mol. The van der Waals surface area contributed by atoms with E-state index in [4.69, 9.17) is 0 Å². The van der Waals surface area contributed by atoms with Gasteiger partial charge in [-0.05, 0) is 24.8 Å². The number of piperidine rings is 1. The molecule has 1 aliphatic heterocycles. The Morgan fingerprint density at radius 1 is 1.62 bits per heavy atom. The van der Waals surface area contributed by atoms with Crippen LogP contribution in [-0.2, 0) is 4.79 Å². The first-order valence-corrected chi connectivity index (χ1v) is 6.91. The molecule has 0 radical (unpaired) electrons. The van der Waals surface area contributed by atoms with Gasteiger partial charge in [-0.15, -0.1) is 11.3 Å². The van der Waals surface area contributed by atoms with Crippen molar-refractivity contribution in [3.05, 3.63) is 22.4 Å². The van der Waals surface area contributed by atoms with E-state index in [0.29, 0.717) is 17.9 Å². The van der Waals surface area contributed by atoms with Crippen LogP contribution in [0.4, 0.5) is 0 Å². The van der Waals surface area contributed by atoms with Crippen LogP contribution in [0.5, 0.6) is 0 Å². The Morgan fingerprint density at radius 3 is 3.00 bits per heavy atom. The van der Waals surface area contributed by atoms with Crippen LogP contribution in [-0.4, -0.2) is 23.3 Å². The van der Waals surface area contributed by atoms with Gasteiger partial charge >= 0.3 is 0 Å². The molecule has 1 saturated heterocycles. The third kappa shape index (κ3) is 2.36. The van der Waals surface area contributed by atoms with Crippen LogP contribution in [0.25, 0.3) is 0 Å². The van der Waals surface area contributed by atoms with Gasteiger partial charge < -0.3 is 0 Å². The number of hydrogen-bond acceptors (Lipinski definition) is 3. The number of carbonyl (C=O) groups is 1. The van der Waals surface area contributed by atoms with E-state index in [0.717, 1.165) is 25.8 Å². The smallest absolute Gasteiger partial charge is 0.135 e. The molecule has 2 atom stereocenters. The van der Waals surface area contributed by atoms with E-state index in [9.17, 15) is 4.79 Å². The zero-order chi connectivity index (χ0) is 11.5. The van der Waals surface area contributed by atoms with E-state index in [1.54, 1.807) is 0 Å². The lowest BCUT2D eigenvalue weighted by atomic mass is 9.98. The molecule has 2 heterocycles. The molecule has 0 aromatic carbocycles.